The van der Waals surface area contributed by atoms with E-state index in [1.54, 1.807) is 6.20 Å². The fraction of sp³-hybridized carbons (Fsp3) is 0.278. The Morgan fingerprint density at radius 3 is 2.62 bits per heavy atom. The summed E-state index contributed by atoms with van der Waals surface area (Å²) in [5.41, 5.74) is 2.51. The second-order valence-electron chi connectivity index (χ2n) is 5.27. The Morgan fingerprint density at radius 2 is 1.81 bits per heavy atom. The van der Waals surface area contributed by atoms with Gasteiger partial charge in [-0.25, -0.2) is 4.98 Å². The Morgan fingerprint density at radius 1 is 1.00 bits per heavy atom. The number of rotatable bonds is 4. The monoisotopic (exact) mass is 278 g/mol. The summed E-state index contributed by atoms with van der Waals surface area (Å²) >= 11 is 0. The quantitative estimate of drug-likeness (QED) is 0.680. The van der Waals surface area contributed by atoms with Crippen molar-refractivity contribution < 1.29 is 0 Å². The van der Waals surface area contributed by atoms with Crippen LogP contribution in [0.2, 0.25) is 0 Å². The van der Waals surface area contributed by atoms with Crippen LogP contribution in [0.15, 0.2) is 47.4 Å². The molecular weight excluding hydrogens is 260 g/mol. The Bertz CT molecular complexity index is 843. The van der Waals surface area contributed by atoms with E-state index in [1.165, 1.54) is 12.8 Å². The topological polar surface area (TPSA) is 42.9 Å². The summed E-state index contributed by atoms with van der Waals surface area (Å²) in [6.07, 6.45) is 6.15. The van der Waals surface area contributed by atoms with Gasteiger partial charge in [-0.05, 0) is 42.0 Å². The first-order chi connectivity index (χ1) is 10.3. The summed E-state index contributed by atoms with van der Waals surface area (Å²) in [6.45, 7) is 2.19. The molecule has 0 amide bonds. The summed E-state index contributed by atoms with van der Waals surface area (Å²) in [5.74, 6) is 0. The number of hydrogen-bond donors (Lipinski definition) is 0. The molecule has 0 spiro atoms. The average molecular weight is 278 g/mol. The number of hydrogen-bond acceptors (Lipinski definition) is 3. The third-order valence-corrected chi connectivity index (χ3v) is 3.81. The van der Waals surface area contributed by atoms with Crippen molar-refractivity contribution in [2.24, 2.45) is 0 Å². The molecule has 0 aliphatic carbocycles. The van der Waals surface area contributed by atoms with Crippen molar-refractivity contribution in [2.75, 3.05) is 0 Å². The molecule has 0 radical (unpaired) electrons. The smallest absolute Gasteiger partial charge is 0.267 e. The van der Waals surface area contributed by atoms with Crippen molar-refractivity contribution >= 4 is 21.8 Å². The van der Waals surface area contributed by atoms with Crippen molar-refractivity contribution in [1.82, 2.24) is 9.97 Å². The summed E-state index contributed by atoms with van der Waals surface area (Å²) in [6, 6.07) is 11.4. The standard InChI is InChI=1S/C18H18N2O/c1-2-3-4-9-14-13-8-5-6-10-15(13)18(21)20-16-11-7-12-19-17(14)16/h5-8,10-12H,2-4,9H2,1H3. The normalized spacial score (nSPS) is 11.1. The number of benzene rings is 1. The number of nitrogens with zero attached hydrogens (tertiary/aromatic N) is 2. The SMILES string of the molecule is CCCCCc1c2ccccc2c(=O)nc2cccnc12. The van der Waals surface area contributed by atoms with Gasteiger partial charge < -0.3 is 0 Å². The summed E-state index contributed by atoms with van der Waals surface area (Å²) in [4.78, 5) is 21.1. The fourth-order valence-electron chi connectivity index (χ4n) is 2.75. The van der Waals surface area contributed by atoms with Gasteiger partial charge in [-0.1, -0.05) is 38.0 Å². The Balaban J connectivity index is 2.37. The van der Waals surface area contributed by atoms with Crippen LogP contribution in [0.3, 0.4) is 0 Å². The third-order valence-electron chi connectivity index (χ3n) is 3.81. The van der Waals surface area contributed by atoms with Gasteiger partial charge in [0.15, 0.2) is 0 Å². The summed E-state index contributed by atoms with van der Waals surface area (Å²) in [5, 5.41) is 1.67. The van der Waals surface area contributed by atoms with Crippen LogP contribution in [0.4, 0.5) is 0 Å². The van der Waals surface area contributed by atoms with E-state index in [-0.39, 0.29) is 5.56 Å². The van der Waals surface area contributed by atoms with E-state index in [4.69, 9.17) is 0 Å². The predicted molar refractivity (Wildman–Crippen MR) is 86.5 cm³/mol. The Kier molecular flexibility index (Phi) is 3.91. The molecule has 3 heteroatoms. The molecule has 0 fully saturated rings. The Hall–Kier alpha value is -2.29. The number of aryl methyl sites for hydroxylation is 1. The van der Waals surface area contributed by atoms with Crippen LogP contribution in [0.5, 0.6) is 0 Å². The van der Waals surface area contributed by atoms with E-state index in [0.717, 1.165) is 29.3 Å². The highest BCUT2D eigenvalue weighted by Crippen LogP contribution is 2.23. The summed E-state index contributed by atoms with van der Waals surface area (Å²) in [7, 11) is 0. The van der Waals surface area contributed by atoms with Crippen LogP contribution in [-0.2, 0) is 6.42 Å². The lowest BCUT2D eigenvalue weighted by Gasteiger charge is -2.04. The molecule has 2 aromatic heterocycles. The maximum absolute atomic E-state index is 12.3. The van der Waals surface area contributed by atoms with E-state index in [0.29, 0.717) is 10.9 Å². The van der Waals surface area contributed by atoms with Crippen molar-refractivity contribution in [2.45, 2.75) is 32.6 Å². The molecule has 0 aliphatic heterocycles. The molecule has 2 heterocycles. The van der Waals surface area contributed by atoms with Crippen LogP contribution in [-0.4, -0.2) is 9.97 Å². The van der Waals surface area contributed by atoms with Gasteiger partial charge >= 0.3 is 0 Å². The zero-order valence-corrected chi connectivity index (χ0v) is 12.2. The second-order valence-corrected chi connectivity index (χ2v) is 5.27. The molecule has 106 valence electrons. The van der Waals surface area contributed by atoms with Crippen LogP contribution in [0, 0.1) is 0 Å². The van der Waals surface area contributed by atoms with E-state index < -0.39 is 0 Å². The van der Waals surface area contributed by atoms with Crippen molar-refractivity contribution in [3.8, 4) is 0 Å². The molecule has 0 saturated carbocycles. The molecule has 1 aromatic carbocycles. The van der Waals surface area contributed by atoms with Crippen molar-refractivity contribution in [1.29, 1.82) is 0 Å². The number of unbranched alkanes of at least 4 members (excludes halogenated alkanes) is 2. The molecule has 0 unspecified atom stereocenters. The van der Waals surface area contributed by atoms with Crippen LogP contribution in [0.1, 0.15) is 31.7 Å². The minimum absolute atomic E-state index is 0.176. The van der Waals surface area contributed by atoms with Gasteiger partial charge in [0, 0.05) is 11.6 Å². The van der Waals surface area contributed by atoms with Gasteiger partial charge in [0.25, 0.3) is 5.56 Å². The molecule has 3 aromatic rings. The fourth-order valence-corrected chi connectivity index (χ4v) is 2.75. The van der Waals surface area contributed by atoms with E-state index in [9.17, 15) is 4.79 Å². The van der Waals surface area contributed by atoms with Gasteiger partial charge in [-0.3, -0.25) is 9.78 Å². The Labute approximate surface area is 123 Å². The van der Waals surface area contributed by atoms with Gasteiger partial charge in [0.1, 0.15) is 0 Å². The molecule has 0 aliphatic rings. The second kappa shape index (κ2) is 6.00. The lowest BCUT2D eigenvalue weighted by Crippen LogP contribution is -2.01. The van der Waals surface area contributed by atoms with Gasteiger partial charge in [0.05, 0.1) is 11.0 Å². The molecular formula is C18H18N2O. The highest BCUT2D eigenvalue weighted by Gasteiger charge is 2.09. The van der Waals surface area contributed by atoms with Crippen molar-refractivity contribution in [3.63, 3.8) is 0 Å². The number of fused-ring (bicyclic) bond motifs is 2. The minimum Gasteiger partial charge on any atom is -0.267 e. The largest absolute Gasteiger partial charge is 0.278 e. The van der Waals surface area contributed by atoms with E-state index in [2.05, 4.69) is 16.9 Å². The summed E-state index contributed by atoms with van der Waals surface area (Å²) < 4.78 is 0. The zero-order chi connectivity index (χ0) is 14.7. The number of pyridine rings is 1. The van der Waals surface area contributed by atoms with Gasteiger partial charge in [-0.15, -0.1) is 0 Å². The molecule has 3 nitrogen and oxygen atoms in total. The third kappa shape index (κ3) is 2.64. The first kappa shape index (κ1) is 13.7. The number of aromatic nitrogens is 2. The van der Waals surface area contributed by atoms with Gasteiger partial charge in [0.2, 0.25) is 0 Å². The van der Waals surface area contributed by atoms with Crippen molar-refractivity contribution in [3.05, 3.63) is 58.5 Å². The van der Waals surface area contributed by atoms with Crippen LogP contribution in [0.25, 0.3) is 21.8 Å². The predicted octanol–water partition coefficient (Wildman–Crippen LogP) is 3.88. The maximum atomic E-state index is 12.3. The van der Waals surface area contributed by atoms with Crippen LogP contribution < -0.4 is 5.56 Å². The molecule has 0 atom stereocenters. The lowest BCUT2D eigenvalue weighted by molar-refractivity contribution is 0.721. The van der Waals surface area contributed by atoms with Crippen LogP contribution >= 0.6 is 0 Å². The van der Waals surface area contributed by atoms with Gasteiger partial charge in [-0.2, -0.15) is 0 Å². The highest BCUT2D eigenvalue weighted by atomic mass is 16.1. The van der Waals surface area contributed by atoms with E-state index in [1.807, 2.05) is 36.4 Å². The highest BCUT2D eigenvalue weighted by molar-refractivity contribution is 5.93. The molecule has 0 bridgehead atoms. The first-order valence-corrected chi connectivity index (χ1v) is 7.48. The maximum Gasteiger partial charge on any atom is 0.278 e. The molecule has 21 heavy (non-hydrogen) atoms. The van der Waals surface area contributed by atoms with E-state index >= 15 is 0 Å². The first-order valence-electron chi connectivity index (χ1n) is 7.48. The molecule has 3 rings (SSSR count). The molecule has 0 N–H and O–H groups in total. The molecule has 0 saturated heterocycles. The minimum atomic E-state index is -0.176. The lowest BCUT2D eigenvalue weighted by atomic mass is 10.0. The average Bonchev–Trinajstić information content (AvgIpc) is 2.63. The zero-order valence-electron chi connectivity index (χ0n) is 12.2.